The van der Waals surface area contributed by atoms with Crippen LogP contribution < -0.4 is 4.74 Å². The summed E-state index contributed by atoms with van der Waals surface area (Å²) < 4.78 is 30.8. The lowest BCUT2D eigenvalue weighted by molar-refractivity contribution is -0.134. The number of rotatable bonds is 5. The van der Waals surface area contributed by atoms with Crippen LogP contribution in [0.5, 0.6) is 5.75 Å². The number of nitrogens with zero attached hydrogens (tertiary/aromatic N) is 2. The Kier molecular flexibility index (Phi) is 5.85. The van der Waals surface area contributed by atoms with E-state index in [-0.39, 0.29) is 15.0 Å². The maximum Gasteiger partial charge on any atom is 0.326 e. The highest BCUT2D eigenvalue weighted by atomic mass is 35.5. The molecule has 0 bridgehead atoms. The monoisotopic (exact) mass is 404 g/mol. The number of ether oxygens (including phenoxy) is 1. The molecule has 0 saturated heterocycles. The molecule has 0 saturated carbocycles. The summed E-state index contributed by atoms with van der Waals surface area (Å²) >= 11 is 12.5. The minimum atomic E-state index is -3.84. The molecule has 6 nitrogen and oxygen atoms in total. The Labute approximate surface area is 152 Å². The summed E-state index contributed by atoms with van der Waals surface area (Å²) in [5, 5.41) is 8.84. The molecule has 10 heteroatoms. The van der Waals surface area contributed by atoms with Gasteiger partial charge < -0.3 is 4.74 Å². The van der Waals surface area contributed by atoms with Crippen LogP contribution in [0.25, 0.3) is 0 Å². The second kappa shape index (κ2) is 7.51. The molecule has 1 aromatic carbocycles. The van der Waals surface area contributed by atoms with Crippen molar-refractivity contribution in [2.24, 2.45) is 0 Å². The second-order valence-electron chi connectivity index (χ2n) is 4.55. The molecule has 0 aliphatic carbocycles. The Morgan fingerprint density at radius 2 is 2.04 bits per heavy atom. The fourth-order valence-corrected chi connectivity index (χ4v) is 4.69. The van der Waals surface area contributed by atoms with E-state index in [0.29, 0.717) is 9.90 Å². The van der Waals surface area contributed by atoms with E-state index in [9.17, 15) is 13.2 Å². The van der Waals surface area contributed by atoms with Crippen molar-refractivity contribution in [3.05, 3.63) is 45.3 Å². The number of carbonyl (C=O) groups excluding carboxylic acids is 1. The average molecular weight is 405 g/mol. The number of likely N-dealkylation sites (N-methyl/N-ethyl adjacent to an activating group) is 1. The lowest BCUT2D eigenvalue weighted by Crippen LogP contribution is -2.33. The van der Waals surface area contributed by atoms with Gasteiger partial charge in [0.1, 0.15) is 16.5 Å². The molecular weight excluding hydrogens is 395 g/mol. The topological polar surface area (TPSA) is 87.5 Å². The van der Waals surface area contributed by atoms with Gasteiger partial charge in [0.2, 0.25) is 0 Å². The molecule has 24 heavy (non-hydrogen) atoms. The van der Waals surface area contributed by atoms with Gasteiger partial charge in [-0.15, -0.1) is 11.3 Å². The molecule has 0 spiro atoms. The molecule has 1 heterocycles. The number of halogens is 2. The van der Waals surface area contributed by atoms with Crippen molar-refractivity contribution in [2.45, 2.75) is 4.21 Å². The van der Waals surface area contributed by atoms with Gasteiger partial charge in [0.25, 0.3) is 10.0 Å². The molecule has 1 aromatic heterocycles. The largest absolute Gasteiger partial charge is 0.424 e. The Morgan fingerprint density at radius 1 is 1.33 bits per heavy atom. The first-order valence-corrected chi connectivity index (χ1v) is 9.37. The number of carbonyl (C=O) groups is 1. The van der Waals surface area contributed by atoms with Crippen LogP contribution >= 0.6 is 34.5 Å². The Bertz CT molecular complexity index is 919. The van der Waals surface area contributed by atoms with E-state index in [4.69, 9.17) is 33.2 Å². The van der Waals surface area contributed by atoms with Crippen molar-refractivity contribution in [1.29, 1.82) is 5.26 Å². The zero-order valence-electron chi connectivity index (χ0n) is 12.2. The minimum Gasteiger partial charge on any atom is -0.424 e. The molecule has 0 N–H and O–H groups in total. The number of sulfonamides is 1. The molecule has 0 amide bonds. The Balaban J connectivity index is 2.08. The van der Waals surface area contributed by atoms with Crippen LogP contribution in [-0.2, 0) is 14.8 Å². The van der Waals surface area contributed by atoms with E-state index in [1.54, 1.807) is 0 Å². The SMILES string of the molecule is CN(CC(=O)Oc1ccc(C#N)cc1Cl)S(=O)(=O)c1ccc(Cl)s1. The van der Waals surface area contributed by atoms with Gasteiger partial charge >= 0.3 is 5.97 Å². The number of esters is 1. The average Bonchev–Trinajstić information content (AvgIpc) is 2.96. The van der Waals surface area contributed by atoms with Crippen LogP contribution in [0, 0.1) is 11.3 Å². The predicted molar refractivity (Wildman–Crippen MR) is 90.9 cm³/mol. The second-order valence-corrected chi connectivity index (χ2v) is 8.94. The number of thiophene rings is 1. The first kappa shape index (κ1) is 18.7. The van der Waals surface area contributed by atoms with Crippen LogP contribution in [-0.4, -0.2) is 32.3 Å². The maximum atomic E-state index is 12.3. The summed E-state index contributed by atoms with van der Waals surface area (Å²) in [5.74, 6) is -0.763. The van der Waals surface area contributed by atoms with Crippen molar-refractivity contribution in [1.82, 2.24) is 4.31 Å². The molecule has 0 radical (unpaired) electrons. The summed E-state index contributed by atoms with van der Waals surface area (Å²) in [7, 11) is -2.58. The van der Waals surface area contributed by atoms with E-state index < -0.39 is 22.5 Å². The summed E-state index contributed by atoms with van der Waals surface area (Å²) in [6.07, 6.45) is 0. The smallest absolute Gasteiger partial charge is 0.326 e. The first-order valence-electron chi connectivity index (χ1n) is 6.36. The molecule has 0 unspecified atom stereocenters. The first-order chi connectivity index (χ1) is 11.2. The molecule has 0 fully saturated rings. The Hall–Kier alpha value is -1.63. The van der Waals surface area contributed by atoms with Gasteiger partial charge in [-0.3, -0.25) is 4.79 Å². The van der Waals surface area contributed by atoms with E-state index in [0.717, 1.165) is 15.6 Å². The van der Waals surface area contributed by atoms with Crippen molar-refractivity contribution in [3.8, 4) is 11.8 Å². The van der Waals surface area contributed by atoms with Gasteiger partial charge in [0.15, 0.2) is 0 Å². The maximum absolute atomic E-state index is 12.3. The lowest BCUT2D eigenvalue weighted by Gasteiger charge is -2.15. The number of hydrogen-bond acceptors (Lipinski definition) is 6. The van der Waals surface area contributed by atoms with E-state index in [2.05, 4.69) is 0 Å². The molecule has 126 valence electrons. The third-order valence-electron chi connectivity index (χ3n) is 2.85. The summed E-state index contributed by atoms with van der Waals surface area (Å²) in [6, 6.07) is 8.87. The lowest BCUT2D eigenvalue weighted by atomic mass is 10.2. The van der Waals surface area contributed by atoms with Gasteiger partial charge in [-0.25, -0.2) is 8.42 Å². The van der Waals surface area contributed by atoms with Gasteiger partial charge in [-0.1, -0.05) is 23.2 Å². The number of hydrogen-bond donors (Lipinski definition) is 0. The van der Waals surface area contributed by atoms with Crippen LogP contribution in [0.2, 0.25) is 9.36 Å². The molecule has 0 atom stereocenters. The normalized spacial score (nSPS) is 11.3. The third-order valence-corrected chi connectivity index (χ3v) is 6.65. The molecule has 2 aromatic rings. The van der Waals surface area contributed by atoms with Crippen LogP contribution in [0.3, 0.4) is 0 Å². The van der Waals surface area contributed by atoms with Crippen molar-refractivity contribution < 1.29 is 17.9 Å². The fraction of sp³-hybridized carbons (Fsp3) is 0.143. The molecule has 0 aliphatic heterocycles. The van der Waals surface area contributed by atoms with Gasteiger partial charge in [-0.05, 0) is 30.3 Å². The third kappa shape index (κ3) is 4.26. The minimum absolute atomic E-state index is 0.0270. The highest BCUT2D eigenvalue weighted by Crippen LogP contribution is 2.28. The van der Waals surface area contributed by atoms with E-state index in [1.165, 1.54) is 37.4 Å². The van der Waals surface area contributed by atoms with Crippen molar-refractivity contribution in [2.75, 3.05) is 13.6 Å². The van der Waals surface area contributed by atoms with Crippen molar-refractivity contribution in [3.63, 3.8) is 0 Å². The highest BCUT2D eigenvalue weighted by Gasteiger charge is 2.25. The van der Waals surface area contributed by atoms with Gasteiger partial charge in [-0.2, -0.15) is 9.57 Å². The van der Waals surface area contributed by atoms with E-state index in [1.807, 2.05) is 6.07 Å². The van der Waals surface area contributed by atoms with Crippen molar-refractivity contribution >= 4 is 50.5 Å². The molecule has 2 rings (SSSR count). The van der Waals surface area contributed by atoms with Crippen LogP contribution in [0.15, 0.2) is 34.5 Å². The number of nitriles is 1. The zero-order chi connectivity index (χ0) is 17.9. The molecule has 0 aliphatic rings. The zero-order valence-corrected chi connectivity index (χ0v) is 15.3. The number of benzene rings is 1. The van der Waals surface area contributed by atoms with Crippen LogP contribution in [0.4, 0.5) is 0 Å². The van der Waals surface area contributed by atoms with E-state index >= 15 is 0 Å². The van der Waals surface area contributed by atoms with Gasteiger partial charge in [0.05, 0.1) is 21.0 Å². The van der Waals surface area contributed by atoms with Gasteiger partial charge in [0, 0.05) is 7.05 Å². The summed E-state index contributed by atoms with van der Waals surface area (Å²) in [6.45, 7) is -0.506. The van der Waals surface area contributed by atoms with Crippen LogP contribution in [0.1, 0.15) is 5.56 Å². The Morgan fingerprint density at radius 3 is 2.58 bits per heavy atom. The summed E-state index contributed by atoms with van der Waals surface area (Å²) in [4.78, 5) is 11.9. The summed E-state index contributed by atoms with van der Waals surface area (Å²) in [5.41, 5.74) is 0.314. The standard InChI is InChI=1S/C14H10Cl2N2O4S2/c1-18(24(20,21)14-5-4-12(16)23-14)8-13(19)22-11-3-2-9(7-17)6-10(11)15/h2-6H,8H2,1H3. The predicted octanol–water partition coefficient (Wildman–Crippen LogP) is 3.15. The quantitative estimate of drug-likeness (QED) is 0.563. The highest BCUT2D eigenvalue weighted by molar-refractivity contribution is 7.91. The molecular formula is C14H10Cl2N2O4S2. The fourth-order valence-electron chi connectivity index (χ4n) is 1.66.